The van der Waals surface area contributed by atoms with Gasteiger partial charge in [0.1, 0.15) is 6.10 Å². The van der Waals surface area contributed by atoms with E-state index >= 15 is 0 Å². The topological polar surface area (TPSA) is 30.5 Å². The van der Waals surface area contributed by atoms with Gasteiger partial charge in [0.2, 0.25) is 0 Å². The molecule has 1 heterocycles. The summed E-state index contributed by atoms with van der Waals surface area (Å²) in [5.41, 5.74) is 0.836. The zero-order chi connectivity index (χ0) is 12.4. The second-order valence-electron chi connectivity index (χ2n) is 4.27. The van der Waals surface area contributed by atoms with Gasteiger partial charge in [0.25, 0.3) is 0 Å². The maximum atomic E-state index is 6.09. The Kier molecular flexibility index (Phi) is 4.02. The van der Waals surface area contributed by atoms with Gasteiger partial charge >= 0.3 is 0 Å². The summed E-state index contributed by atoms with van der Waals surface area (Å²) in [7, 11) is 0. The third-order valence-electron chi connectivity index (χ3n) is 2.43. The summed E-state index contributed by atoms with van der Waals surface area (Å²) in [6.07, 6.45) is 0.171. The molecule has 17 heavy (non-hydrogen) atoms. The minimum Gasteiger partial charge on any atom is -0.482 e. The van der Waals surface area contributed by atoms with E-state index in [9.17, 15) is 0 Å². The number of anilines is 1. The number of ether oxygens (including phenoxy) is 2. The number of benzene rings is 1. The van der Waals surface area contributed by atoms with Gasteiger partial charge in [0, 0.05) is 5.02 Å². The van der Waals surface area contributed by atoms with Gasteiger partial charge in [-0.15, -0.1) is 0 Å². The molecule has 0 radical (unpaired) electrons. The number of halogens is 2. The van der Waals surface area contributed by atoms with Crippen molar-refractivity contribution in [2.75, 3.05) is 18.5 Å². The monoisotopic (exact) mass is 275 g/mol. The summed E-state index contributed by atoms with van der Waals surface area (Å²) in [5.74, 6) is 0.652. The first-order chi connectivity index (χ1) is 8.06. The average molecular weight is 276 g/mol. The Labute approximate surface area is 111 Å². The highest BCUT2D eigenvalue weighted by molar-refractivity contribution is 6.36. The number of fused-ring (bicyclic) bond motifs is 1. The molecule has 5 heteroatoms. The molecule has 0 saturated carbocycles. The molecule has 2 rings (SSSR count). The van der Waals surface area contributed by atoms with Crippen LogP contribution in [0.1, 0.15) is 13.8 Å². The van der Waals surface area contributed by atoms with Crippen LogP contribution in [-0.2, 0) is 4.74 Å². The van der Waals surface area contributed by atoms with Gasteiger partial charge in [-0.25, -0.2) is 0 Å². The number of hydrogen-bond acceptors (Lipinski definition) is 3. The third kappa shape index (κ3) is 3.18. The van der Waals surface area contributed by atoms with Gasteiger partial charge in [-0.2, -0.15) is 0 Å². The third-order valence-corrected chi connectivity index (χ3v) is 2.93. The summed E-state index contributed by atoms with van der Waals surface area (Å²) < 4.78 is 11.3. The van der Waals surface area contributed by atoms with Crippen LogP contribution in [0.15, 0.2) is 12.1 Å². The van der Waals surface area contributed by atoms with E-state index in [1.54, 1.807) is 6.07 Å². The minimum absolute atomic E-state index is 0.0245. The second-order valence-corrected chi connectivity index (χ2v) is 5.11. The molecular formula is C12H15Cl2NO2. The molecule has 0 bridgehead atoms. The molecule has 1 aromatic carbocycles. The molecule has 3 nitrogen and oxygen atoms in total. The highest BCUT2D eigenvalue weighted by Crippen LogP contribution is 2.38. The number of nitrogens with one attached hydrogen (secondary N) is 1. The van der Waals surface area contributed by atoms with Crippen LogP contribution in [0.4, 0.5) is 5.69 Å². The van der Waals surface area contributed by atoms with Crippen molar-refractivity contribution < 1.29 is 9.47 Å². The van der Waals surface area contributed by atoms with E-state index in [0.29, 0.717) is 28.9 Å². The van der Waals surface area contributed by atoms with Crippen LogP contribution in [0.5, 0.6) is 5.75 Å². The van der Waals surface area contributed by atoms with Crippen molar-refractivity contribution in [3.63, 3.8) is 0 Å². The lowest BCUT2D eigenvalue weighted by molar-refractivity contribution is 0.0190. The average Bonchev–Trinajstić information content (AvgIpc) is 2.26. The smallest absolute Gasteiger partial charge is 0.161 e. The van der Waals surface area contributed by atoms with Crippen LogP contribution in [0.2, 0.25) is 10.0 Å². The van der Waals surface area contributed by atoms with Crippen molar-refractivity contribution in [1.82, 2.24) is 0 Å². The largest absolute Gasteiger partial charge is 0.482 e. The van der Waals surface area contributed by atoms with Crippen molar-refractivity contribution in [1.29, 1.82) is 0 Å². The molecule has 0 amide bonds. The van der Waals surface area contributed by atoms with E-state index in [2.05, 4.69) is 5.32 Å². The standard InChI is InChI=1S/C12H15Cl2NO2/c1-7(2)16-6-9-5-15-11-4-8(13)3-10(14)12(11)17-9/h3-4,7,9,15H,5-6H2,1-2H3. The summed E-state index contributed by atoms with van der Waals surface area (Å²) in [6, 6.07) is 3.48. The van der Waals surface area contributed by atoms with Gasteiger partial charge in [-0.05, 0) is 26.0 Å². The zero-order valence-electron chi connectivity index (χ0n) is 9.80. The van der Waals surface area contributed by atoms with Crippen molar-refractivity contribution >= 4 is 28.9 Å². The summed E-state index contributed by atoms with van der Waals surface area (Å²) in [4.78, 5) is 0. The van der Waals surface area contributed by atoms with E-state index in [4.69, 9.17) is 32.7 Å². The summed E-state index contributed by atoms with van der Waals surface area (Å²) in [5, 5.41) is 4.37. The Morgan fingerprint density at radius 1 is 1.47 bits per heavy atom. The Balaban J connectivity index is 2.08. The minimum atomic E-state index is -0.0245. The lowest BCUT2D eigenvalue weighted by atomic mass is 10.2. The maximum absolute atomic E-state index is 6.09. The van der Waals surface area contributed by atoms with Crippen molar-refractivity contribution in [2.45, 2.75) is 26.1 Å². The van der Waals surface area contributed by atoms with Crippen LogP contribution < -0.4 is 10.1 Å². The molecule has 0 spiro atoms. The maximum Gasteiger partial charge on any atom is 0.161 e. The van der Waals surface area contributed by atoms with Gasteiger partial charge in [0.15, 0.2) is 5.75 Å². The molecule has 0 saturated heterocycles. The van der Waals surface area contributed by atoms with E-state index in [1.165, 1.54) is 0 Å². The van der Waals surface area contributed by atoms with Gasteiger partial charge < -0.3 is 14.8 Å². The molecule has 1 aliphatic heterocycles. The van der Waals surface area contributed by atoms with Crippen molar-refractivity contribution in [2.24, 2.45) is 0 Å². The predicted molar refractivity (Wildman–Crippen MR) is 70.5 cm³/mol. The molecule has 1 aliphatic rings. The second kappa shape index (κ2) is 5.34. The normalized spacial score (nSPS) is 18.5. The molecule has 0 fully saturated rings. The summed E-state index contributed by atoms with van der Waals surface area (Å²) >= 11 is 12.0. The fourth-order valence-electron chi connectivity index (χ4n) is 1.64. The lowest BCUT2D eigenvalue weighted by Gasteiger charge is -2.28. The molecule has 1 N–H and O–H groups in total. The van der Waals surface area contributed by atoms with E-state index in [0.717, 1.165) is 5.69 Å². The Morgan fingerprint density at radius 3 is 2.94 bits per heavy atom. The fourth-order valence-corrected chi connectivity index (χ4v) is 2.17. The quantitative estimate of drug-likeness (QED) is 0.915. The number of rotatable bonds is 3. The molecule has 1 unspecified atom stereocenters. The van der Waals surface area contributed by atoms with E-state index < -0.39 is 0 Å². The lowest BCUT2D eigenvalue weighted by Crippen LogP contribution is -2.35. The highest BCUT2D eigenvalue weighted by Gasteiger charge is 2.22. The zero-order valence-corrected chi connectivity index (χ0v) is 11.3. The van der Waals surface area contributed by atoms with E-state index in [-0.39, 0.29) is 12.2 Å². The first kappa shape index (κ1) is 12.8. The van der Waals surface area contributed by atoms with Crippen molar-refractivity contribution in [3.8, 4) is 5.75 Å². The van der Waals surface area contributed by atoms with Crippen LogP contribution >= 0.6 is 23.2 Å². The Morgan fingerprint density at radius 2 is 2.24 bits per heavy atom. The Bertz CT molecular complexity index is 410. The van der Waals surface area contributed by atoms with Crippen molar-refractivity contribution in [3.05, 3.63) is 22.2 Å². The van der Waals surface area contributed by atoms with Gasteiger partial charge in [-0.3, -0.25) is 0 Å². The van der Waals surface area contributed by atoms with Crippen LogP contribution in [0, 0.1) is 0 Å². The van der Waals surface area contributed by atoms with E-state index in [1.807, 2.05) is 19.9 Å². The number of hydrogen-bond donors (Lipinski definition) is 1. The first-order valence-corrected chi connectivity index (χ1v) is 6.33. The molecule has 1 atom stereocenters. The first-order valence-electron chi connectivity index (χ1n) is 5.57. The van der Waals surface area contributed by atoms with Crippen LogP contribution in [0.25, 0.3) is 0 Å². The predicted octanol–water partition coefficient (Wildman–Crippen LogP) is 3.59. The van der Waals surface area contributed by atoms with Gasteiger partial charge in [-0.1, -0.05) is 23.2 Å². The molecule has 1 aromatic rings. The highest BCUT2D eigenvalue weighted by atomic mass is 35.5. The molecule has 94 valence electrons. The fraction of sp³-hybridized carbons (Fsp3) is 0.500. The van der Waals surface area contributed by atoms with Crippen LogP contribution in [0.3, 0.4) is 0 Å². The molecular weight excluding hydrogens is 261 g/mol. The SMILES string of the molecule is CC(C)OCC1CNc2cc(Cl)cc(Cl)c2O1. The van der Waals surface area contributed by atoms with Gasteiger partial charge in [0.05, 0.1) is 30.0 Å². The molecule has 0 aromatic heterocycles. The Hall–Kier alpha value is -0.640. The summed E-state index contributed by atoms with van der Waals surface area (Å²) in [6.45, 7) is 5.23. The van der Waals surface area contributed by atoms with Crippen LogP contribution in [-0.4, -0.2) is 25.4 Å². The molecule has 0 aliphatic carbocycles.